The zero-order valence-corrected chi connectivity index (χ0v) is 9.80. The van der Waals surface area contributed by atoms with Crippen LogP contribution in [-0.4, -0.2) is 23.7 Å². The highest BCUT2D eigenvalue weighted by Crippen LogP contribution is 2.34. The number of nitrogens with zero attached hydrogens (tertiary/aromatic N) is 2. The third-order valence-corrected chi connectivity index (χ3v) is 2.88. The van der Waals surface area contributed by atoms with Gasteiger partial charge in [0.1, 0.15) is 6.54 Å². The maximum Gasteiger partial charge on any atom is 0.405 e. The van der Waals surface area contributed by atoms with Crippen LogP contribution in [-0.2, 0) is 5.88 Å². The van der Waals surface area contributed by atoms with Gasteiger partial charge in [-0.15, -0.1) is 11.6 Å². The Morgan fingerprint density at radius 2 is 2.12 bits per heavy atom. The topological polar surface area (TPSA) is 16.1 Å². The number of pyridine rings is 1. The van der Waals surface area contributed by atoms with Crippen LogP contribution in [0.25, 0.3) is 0 Å². The summed E-state index contributed by atoms with van der Waals surface area (Å²) in [6.07, 6.45) is -1.06. The molecule has 1 fully saturated rings. The smallest absolute Gasteiger partial charge is 0.359 e. The number of aromatic nitrogens is 1. The highest BCUT2D eigenvalue weighted by atomic mass is 35.5. The van der Waals surface area contributed by atoms with Gasteiger partial charge in [-0.2, -0.15) is 13.2 Å². The van der Waals surface area contributed by atoms with E-state index in [1.807, 2.05) is 0 Å². The Bertz CT molecular complexity index is 391. The molecule has 0 aliphatic heterocycles. The fraction of sp³-hybridized carbons (Fsp3) is 0.545. The van der Waals surface area contributed by atoms with E-state index in [1.165, 1.54) is 11.1 Å². The van der Waals surface area contributed by atoms with Crippen molar-refractivity contribution in [3.05, 3.63) is 24.0 Å². The summed E-state index contributed by atoms with van der Waals surface area (Å²) in [5.41, 5.74) is 1.15. The standard InChI is InChI=1S/C11H12ClF3N2/c12-6-8-5-10(3-4-16-8)17(9-1-2-9)7-11(13,14)15/h3-5,9H,1-2,6-7H2. The van der Waals surface area contributed by atoms with E-state index in [2.05, 4.69) is 4.98 Å². The summed E-state index contributed by atoms with van der Waals surface area (Å²) in [6.45, 7) is -0.913. The van der Waals surface area contributed by atoms with Gasteiger partial charge >= 0.3 is 6.18 Å². The largest absolute Gasteiger partial charge is 0.405 e. The molecule has 0 radical (unpaired) electrons. The van der Waals surface area contributed by atoms with E-state index in [0.29, 0.717) is 11.4 Å². The molecule has 0 amide bonds. The lowest BCUT2D eigenvalue weighted by Gasteiger charge is -2.26. The Morgan fingerprint density at radius 1 is 1.41 bits per heavy atom. The molecule has 17 heavy (non-hydrogen) atoms. The highest BCUT2D eigenvalue weighted by Gasteiger charge is 2.38. The quantitative estimate of drug-likeness (QED) is 0.776. The zero-order valence-electron chi connectivity index (χ0n) is 9.04. The summed E-state index contributed by atoms with van der Waals surface area (Å²) in [5, 5.41) is 0. The van der Waals surface area contributed by atoms with Gasteiger partial charge in [0.05, 0.1) is 11.6 Å². The third-order valence-electron chi connectivity index (χ3n) is 2.61. The first-order valence-electron chi connectivity index (χ1n) is 5.34. The molecule has 0 unspecified atom stereocenters. The van der Waals surface area contributed by atoms with Crippen LogP contribution in [0.4, 0.5) is 18.9 Å². The van der Waals surface area contributed by atoms with Gasteiger partial charge < -0.3 is 4.90 Å². The molecular formula is C11H12ClF3N2. The van der Waals surface area contributed by atoms with Gasteiger partial charge in [-0.05, 0) is 25.0 Å². The second kappa shape index (κ2) is 4.72. The minimum Gasteiger partial charge on any atom is -0.359 e. The van der Waals surface area contributed by atoms with Crippen LogP contribution >= 0.6 is 11.6 Å². The molecule has 0 N–H and O–H groups in total. The van der Waals surface area contributed by atoms with E-state index in [-0.39, 0.29) is 11.9 Å². The predicted octanol–water partition coefficient (Wildman–Crippen LogP) is 3.35. The fourth-order valence-electron chi connectivity index (χ4n) is 1.73. The van der Waals surface area contributed by atoms with Gasteiger partial charge in [0.25, 0.3) is 0 Å². The van der Waals surface area contributed by atoms with Crippen molar-refractivity contribution in [3.63, 3.8) is 0 Å². The van der Waals surface area contributed by atoms with Crippen molar-refractivity contribution in [2.75, 3.05) is 11.4 Å². The van der Waals surface area contributed by atoms with Crippen molar-refractivity contribution < 1.29 is 13.2 Å². The number of halogens is 4. The average molecular weight is 265 g/mol. The molecule has 6 heteroatoms. The lowest BCUT2D eigenvalue weighted by Crippen LogP contribution is -2.36. The SMILES string of the molecule is FC(F)(F)CN(c1ccnc(CCl)c1)C1CC1. The summed E-state index contributed by atoms with van der Waals surface area (Å²) in [4.78, 5) is 5.36. The van der Waals surface area contributed by atoms with Crippen LogP contribution < -0.4 is 4.90 Å². The molecule has 0 atom stereocenters. The van der Waals surface area contributed by atoms with Crippen LogP contribution in [0.3, 0.4) is 0 Å². The van der Waals surface area contributed by atoms with E-state index in [4.69, 9.17) is 11.6 Å². The van der Waals surface area contributed by atoms with Gasteiger partial charge in [-0.25, -0.2) is 0 Å². The Kier molecular flexibility index (Phi) is 3.47. The fourth-order valence-corrected chi connectivity index (χ4v) is 1.87. The van der Waals surface area contributed by atoms with Crippen molar-refractivity contribution in [1.29, 1.82) is 0 Å². The monoisotopic (exact) mass is 264 g/mol. The number of hydrogen-bond donors (Lipinski definition) is 0. The summed E-state index contributed by atoms with van der Waals surface area (Å²) < 4.78 is 37.4. The summed E-state index contributed by atoms with van der Waals surface area (Å²) in [7, 11) is 0. The van der Waals surface area contributed by atoms with E-state index < -0.39 is 12.7 Å². The minimum absolute atomic E-state index is 0.00204. The van der Waals surface area contributed by atoms with Crippen LogP contribution in [0.15, 0.2) is 18.3 Å². The second-order valence-corrected chi connectivity index (χ2v) is 4.38. The van der Waals surface area contributed by atoms with Gasteiger partial charge in [-0.3, -0.25) is 4.98 Å². The van der Waals surface area contributed by atoms with Crippen LogP contribution in [0.1, 0.15) is 18.5 Å². The Labute approximate surface area is 102 Å². The molecule has 0 aromatic carbocycles. The molecule has 1 aromatic rings. The normalized spacial score (nSPS) is 16.0. The van der Waals surface area contributed by atoms with Crippen LogP contribution in [0, 0.1) is 0 Å². The minimum atomic E-state index is -4.19. The van der Waals surface area contributed by atoms with Crippen LogP contribution in [0.5, 0.6) is 0 Å². The van der Waals surface area contributed by atoms with E-state index in [0.717, 1.165) is 12.8 Å². The molecule has 0 spiro atoms. The first-order valence-corrected chi connectivity index (χ1v) is 5.87. The molecule has 2 rings (SSSR count). The number of anilines is 1. The van der Waals surface area contributed by atoms with Crippen molar-refractivity contribution in [2.45, 2.75) is 30.9 Å². The first-order chi connectivity index (χ1) is 7.99. The van der Waals surface area contributed by atoms with Crippen molar-refractivity contribution in [1.82, 2.24) is 4.98 Å². The van der Waals surface area contributed by atoms with Gasteiger partial charge in [0.2, 0.25) is 0 Å². The molecule has 2 nitrogen and oxygen atoms in total. The van der Waals surface area contributed by atoms with Gasteiger partial charge in [0.15, 0.2) is 0 Å². The lowest BCUT2D eigenvalue weighted by atomic mass is 10.3. The lowest BCUT2D eigenvalue weighted by molar-refractivity contribution is -0.120. The molecule has 1 aliphatic rings. The maximum absolute atomic E-state index is 12.5. The number of alkyl halides is 4. The van der Waals surface area contributed by atoms with E-state index in [9.17, 15) is 13.2 Å². The Balaban J connectivity index is 2.19. The molecule has 1 heterocycles. The van der Waals surface area contributed by atoms with Gasteiger partial charge in [0, 0.05) is 17.9 Å². The molecular weight excluding hydrogens is 253 g/mol. The van der Waals surface area contributed by atoms with Crippen molar-refractivity contribution >= 4 is 17.3 Å². The second-order valence-electron chi connectivity index (χ2n) is 4.11. The third kappa shape index (κ3) is 3.49. The molecule has 1 aliphatic carbocycles. The Morgan fingerprint density at radius 3 is 2.65 bits per heavy atom. The van der Waals surface area contributed by atoms with Gasteiger partial charge in [-0.1, -0.05) is 0 Å². The summed E-state index contributed by atoms with van der Waals surface area (Å²) in [6, 6.07) is 3.22. The molecule has 94 valence electrons. The maximum atomic E-state index is 12.5. The Hall–Kier alpha value is -0.970. The summed E-state index contributed by atoms with van der Waals surface area (Å²) in [5.74, 6) is 0.207. The first kappa shape index (κ1) is 12.5. The summed E-state index contributed by atoms with van der Waals surface area (Å²) >= 11 is 5.63. The van der Waals surface area contributed by atoms with Crippen molar-refractivity contribution in [3.8, 4) is 0 Å². The molecule has 1 saturated carbocycles. The number of hydrogen-bond acceptors (Lipinski definition) is 2. The van der Waals surface area contributed by atoms with E-state index in [1.54, 1.807) is 12.1 Å². The average Bonchev–Trinajstić information content (AvgIpc) is 3.09. The molecule has 0 bridgehead atoms. The van der Waals surface area contributed by atoms with Crippen molar-refractivity contribution in [2.24, 2.45) is 0 Å². The molecule has 0 saturated heterocycles. The zero-order chi connectivity index (χ0) is 12.5. The number of rotatable bonds is 4. The molecule has 1 aromatic heterocycles. The van der Waals surface area contributed by atoms with Crippen LogP contribution in [0.2, 0.25) is 0 Å². The van der Waals surface area contributed by atoms with E-state index >= 15 is 0 Å². The highest BCUT2D eigenvalue weighted by molar-refractivity contribution is 6.16. The predicted molar refractivity (Wildman–Crippen MR) is 60.2 cm³/mol.